The van der Waals surface area contributed by atoms with Gasteiger partial charge in [-0.15, -0.1) is 0 Å². The van der Waals surface area contributed by atoms with E-state index in [2.05, 4.69) is 30.0 Å². The molecule has 1 N–H and O–H groups in total. The number of alkyl halides is 1. The van der Waals surface area contributed by atoms with Gasteiger partial charge in [0.15, 0.2) is 5.60 Å². The highest BCUT2D eigenvalue weighted by Crippen LogP contribution is 2.34. The Morgan fingerprint density at radius 3 is 2.71 bits per heavy atom. The van der Waals surface area contributed by atoms with Crippen LogP contribution in [0.4, 0.5) is 5.82 Å². The van der Waals surface area contributed by atoms with Crippen LogP contribution in [0, 0.1) is 0 Å². The zero-order valence-electron chi connectivity index (χ0n) is 17.6. The van der Waals surface area contributed by atoms with Crippen molar-refractivity contribution in [3.05, 3.63) is 52.7 Å². The van der Waals surface area contributed by atoms with Crippen LogP contribution in [0.5, 0.6) is 0 Å². The van der Waals surface area contributed by atoms with Gasteiger partial charge in [-0.25, -0.2) is 4.99 Å². The normalized spacial score (nSPS) is 20.6. The van der Waals surface area contributed by atoms with Crippen LogP contribution in [-0.4, -0.2) is 30.7 Å². The average Bonchev–Trinajstić information content (AvgIpc) is 2.93. The number of nitrogens with zero attached hydrogens (tertiary/aromatic N) is 2. The first-order chi connectivity index (χ1) is 13.6. The number of ether oxygens (including phenoxy) is 2. The molecule has 28 heavy (non-hydrogen) atoms. The molecule has 152 valence electrons. The molecule has 0 bridgehead atoms. The van der Waals surface area contributed by atoms with Crippen molar-refractivity contribution in [2.75, 3.05) is 11.9 Å². The molecule has 0 saturated carbocycles. The second-order valence-electron chi connectivity index (χ2n) is 8.02. The number of rotatable bonds is 7. The highest BCUT2D eigenvalue weighted by Gasteiger charge is 2.28. The maximum Gasteiger partial charge on any atom is 0.225 e. The third kappa shape index (κ3) is 5.32. The quantitative estimate of drug-likeness (QED) is 0.251. The maximum absolute atomic E-state index is 8.23. The Morgan fingerprint density at radius 2 is 2.04 bits per heavy atom. The summed E-state index contributed by atoms with van der Waals surface area (Å²) < 4.78 is 22.0. The topological polar surface area (TPSA) is 47.8 Å². The van der Waals surface area contributed by atoms with Crippen molar-refractivity contribution in [2.24, 2.45) is 4.99 Å². The SMILES string of the molecule is [2H]C1(Cl)N=C(OC(C)c2ccccc2)c2c(Cl)cn(COCC[Si](C)(C)C)c2N1. The summed E-state index contributed by atoms with van der Waals surface area (Å²) in [6.45, 7) is 9.83. The van der Waals surface area contributed by atoms with Gasteiger partial charge in [0.25, 0.3) is 0 Å². The van der Waals surface area contributed by atoms with Gasteiger partial charge in [0.2, 0.25) is 5.90 Å². The monoisotopic (exact) mass is 440 g/mol. The third-order valence-corrected chi connectivity index (χ3v) is 6.62. The van der Waals surface area contributed by atoms with Gasteiger partial charge in [0, 0.05) is 20.9 Å². The van der Waals surface area contributed by atoms with Gasteiger partial charge in [-0.1, -0.05) is 73.2 Å². The van der Waals surface area contributed by atoms with Crippen molar-refractivity contribution in [1.82, 2.24) is 4.57 Å². The molecular weight excluding hydrogens is 413 g/mol. The smallest absolute Gasteiger partial charge is 0.225 e. The van der Waals surface area contributed by atoms with Crippen molar-refractivity contribution in [3.63, 3.8) is 0 Å². The fourth-order valence-corrected chi connectivity index (χ4v) is 4.03. The molecule has 2 atom stereocenters. The zero-order chi connectivity index (χ0) is 21.2. The Balaban J connectivity index is 1.80. The first kappa shape index (κ1) is 19.8. The second kappa shape index (κ2) is 8.90. The molecular formula is C20H27Cl2N3O2Si. The first-order valence-electron chi connectivity index (χ1n) is 9.81. The van der Waals surface area contributed by atoms with E-state index >= 15 is 0 Å². The van der Waals surface area contributed by atoms with Crippen LogP contribution in [0.25, 0.3) is 0 Å². The van der Waals surface area contributed by atoms with Crippen LogP contribution in [0.2, 0.25) is 30.7 Å². The molecule has 1 aliphatic rings. The van der Waals surface area contributed by atoms with Crippen LogP contribution < -0.4 is 5.32 Å². The largest absolute Gasteiger partial charge is 0.469 e. The zero-order valence-corrected chi connectivity index (χ0v) is 19.1. The van der Waals surface area contributed by atoms with Crippen LogP contribution >= 0.6 is 23.2 Å². The predicted octanol–water partition coefficient (Wildman–Crippen LogP) is 5.93. The van der Waals surface area contributed by atoms with Crippen LogP contribution in [0.1, 0.15) is 25.5 Å². The van der Waals surface area contributed by atoms with Crippen molar-refractivity contribution in [2.45, 2.75) is 51.0 Å². The highest BCUT2D eigenvalue weighted by atomic mass is 35.5. The molecule has 1 aromatic heterocycles. The lowest BCUT2D eigenvalue weighted by Crippen LogP contribution is -2.26. The van der Waals surface area contributed by atoms with Gasteiger partial charge in [-0.05, 0) is 18.5 Å². The number of halogens is 2. The fraction of sp³-hybridized carbons (Fsp3) is 0.450. The van der Waals surface area contributed by atoms with E-state index in [4.69, 9.17) is 34.0 Å². The molecule has 2 heterocycles. The van der Waals surface area contributed by atoms with Gasteiger partial charge >= 0.3 is 0 Å². The minimum absolute atomic E-state index is 0.242. The van der Waals surface area contributed by atoms with Gasteiger partial charge in [-0.2, -0.15) is 0 Å². The molecule has 0 fully saturated rings. The number of aromatic nitrogens is 1. The Hall–Kier alpha value is -1.47. The van der Waals surface area contributed by atoms with E-state index in [1.165, 1.54) is 0 Å². The lowest BCUT2D eigenvalue weighted by atomic mass is 10.1. The number of hydrogen-bond donors (Lipinski definition) is 1. The Morgan fingerprint density at radius 1 is 1.32 bits per heavy atom. The number of hydrogen-bond acceptors (Lipinski definition) is 4. The number of anilines is 1. The Kier molecular flexibility index (Phi) is 6.31. The summed E-state index contributed by atoms with van der Waals surface area (Å²) in [5.41, 5.74) is -0.200. The van der Waals surface area contributed by atoms with Crippen molar-refractivity contribution in [1.29, 1.82) is 0 Å². The van der Waals surface area contributed by atoms with Gasteiger partial charge in [0.1, 0.15) is 18.7 Å². The van der Waals surface area contributed by atoms with E-state index < -0.39 is 13.7 Å². The van der Waals surface area contributed by atoms with Gasteiger partial charge in [0.05, 0.1) is 12.0 Å². The highest BCUT2D eigenvalue weighted by molar-refractivity contribution is 6.76. The minimum atomic E-state index is -1.78. The van der Waals surface area contributed by atoms with E-state index in [1.54, 1.807) is 10.8 Å². The molecule has 1 aliphatic heterocycles. The molecule has 0 aliphatic carbocycles. The molecule has 0 spiro atoms. The lowest BCUT2D eigenvalue weighted by Gasteiger charge is -2.24. The number of aliphatic imine (C=N–C) groups is 1. The number of nitrogens with one attached hydrogen (secondary N) is 1. The molecule has 0 radical (unpaired) electrons. The second-order valence-corrected chi connectivity index (χ2v) is 14.4. The first-order valence-corrected chi connectivity index (χ1v) is 13.8. The van der Waals surface area contributed by atoms with Crippen molar-refractivity contribution >= 4 is 43.0 Å². The Labute approximate surface area is 179 Å². The fourth-order valence-electron chi connectivity index (χ4n) is 2.82. The molecule has 2 unspecified atom stereocenters. The molecule has 5 nitrogen and oxygen atoms in total. The van der Waals surface area contributed by atoms with Crippen molar-refractivity contribution < 1.29 is 10.8 Å². The van der Waals surface area contributed by atoms with E-state index in [9.17, 15) is 0 Å². The summed E-state index contributed by atoms with van der Waals surface area (Å²) >= 11 is 12.7. The third-order valence-electron chi connectivity index (χ3n) is 4.45. The predicted molar refractivity (Wildman–Crippen MR) is 119 cm³/mol. The van der Waals surface area contributed by atoms with Crippen molar-refractivity contribution in [3.8, 4) is 0 Å². The van der Waals surface area contributed by atoms with E-state index in [-0.39, 0.29) is 12.0 Å². The summed E-state index contributed by atoms with van der Waals surface area (Å²) in [6.07, 6.45) is 1.47. The van der Waals surface area contributed by atoms with Crippen LogP contribution in [-0.2, 0) is 16.2 Å². The number of benzene rings is 1. The van der Waals surface area contributed by atoms with E-state index in [1.807, 2.05) is 37.3 Å². The molecule has 0 amide bonds. The van der Waals surface area contributed by atoms with Gasteiger partial charge in [-0.3, -0.25) is 0 Å². The molecule has 3 rings (SSSR count). The molecule has 0 saturated heterocycles. The standard InChI is InChI=1S/C20H27Cl2N3O2Si/c1-14(15-8-6-5-7-9-15)27-19-17-16(21)12-25(18(17)23-20(22)24-19)13-26-10-11-28(2,3)4/h5-9,12,14,20,23H,10-11,13H2,1-4H3/i20D. The van der Waals surface area contributed by atoms with Crippen LogP contribution in [0.3, 0.4) is 0 Å². The Bertz CT molecular complexity index is 882. The molecule has 2 aromatic rings. The van der Waals surface area contributed by atoms with Gasteiger partial charge < -0.3 is 19.4 Å². The lowest BCUT2D eigenvalue weighted by molar-refractivity contribution is 0.0886. The van der Waals surface area contributed by atoms with Crippen LogP contribution in [0.15, 0.2) is 41.5 Å². The molecule has 1 aromatic carbocycles. The maximum atomic E-state index is 8.23. The average molecular weight is 441 g/mol. The summed E-state index contributed by atoms with van der Waals surface area (Å²) in [7, 11) is -1.17. The summed E-state index contributed by atoms with van der Waals surface area (Å²) in [5, 5.41) is 3.36. The van der Waals surface area contributed by atoms with E-state index in [0.29, 0.717) is 29.7 Å². The number of fused-ring (bicyclic) bond motifs is 1. The molecule has 8 heteroatoms. The minimum Gasteiger partial charge on any atom is -0.469 e. The summed E-state index contributed by atoms with van der Waals surface area (Å²) in [4.78, 5) is 4.21. The summed E-state index contributed by atoms with van der Waals surface area (Å²) in [5.74, 6) is 0.809. The van der Waals surface area contributed by atoms with E-state index in [0.717, 1.165) is 11.6 Å². The summed E-state index contributed by atoms with van der Waals surface area (Å²) in [6, 6.07) is 10.9.